The van der Waals surface area contributed by atoms with Gasteiger partial charge in [-0.1, -0.05) is 96.8 Å². The fraction of sp³-hybridized carbons (Fsp3) is 0.680. The molecule has 0 atom stereocenters. The van der Waals surface area contributed by atoms with Crippen LogP contribution in [0.4, 0.5) is 5.69 Å². The standard InChI is InChI=1S/C25H41NO4/c1-2-3-4-5-6-7-8-9-10-11-12-13-14-15-16-19-26-21-17-18-22(24(27)28)23(20-21)25(29)30/h17-18,20,26H,2-16,19H2,1H3,(H,27,28)(H,29,30). The number of carboxylic acids is 2. The average Bonchev–Trinajstić information content (AvgIpc) is 2.73. The molecule has 0 aliphatic rings. The second kappa shape index (κ2) is 16.7. The van der Waals surface area contributed by atoms with Gasteiger partial charge >= 0.3 is 11.9 Å². The SMILES string of the molecule is CCCCCCCCCCCCCCCCCNc1ccc(C(=O)O)c(C(=O)O)c1. The van der Waals surface area contributed by atoms with Gasteiger partial charge in [0, 0.05) is 12.2 Å². The maximum Gasteiger partial charge on any atom is 0.336 e. The van der Waals surface area contributed by atoms with Gasteiger partial charge in [-0.3, -0.25) is 0 Å². The van der Waals surface area contributed by atoms with E-state index in [4.69, 9.17) is 10.2 Å². The van der Waals surface area contributed by atoms with E-state index >= 15 is 0 Å². The summed E-state index contributed by atoms with van der Waals surface area (Å²) in [6.07, 6.45) is 19.9. The van der Waals surface area contributed by atoms with Gasteiger partial charge in [-0.25, -0.2) is 9.59 Å². The molecule has 0 aromatic heterocycles. The lowest BCUT2D eigenvalue weighted by atomic mass is 10.0. The molecule has 0 aliphatic heterocycles. The van der Waals surface area contributed by atoms with Gasteiger partial charge in [0.25, 0.3) is 0 Å². The Balaban J connectivity index is 1.98. The van der Waals surface area contributed by atoms with Crippen molar-refractivity contribution < 1.29 is 19.8 Å². The minimum atomic E-state index is -1.22. The van der Waals surface area contributed by atoms with Crippen LogP contribution >= 0.6 is 0 Å². The highest BCUT2D eigenvalue weighted by molar-refractivity contribution is 6.02. The third-order valence-corrected chi connectivity index (χ3v) is 5.59. The molecule has 5 heteroatoms. The summed E-state index contributed by atoms with van der Waals surface area (Å²) in [5.41, 5.74) is 0.298. The van der Waals surface area contributed by atoms with Crippen molar-refractivity contribution in [3.8, 4) is 0 Å². The van der Waals surface area contributed by atoms with Gasteiger partial charge in [-0.15, -0.1) is 0 Å². The summed E-state index contributed by atoms with van der Waals surface area (Å²) in [7, 11) is 0. The lowest BCUT2D eigenvalue weighted by Crippen LogP contribution is -2.09. The van der Waals surface area contributed by atoms with E-state index in [0.717, 1.165) is 19.4 Å². The van der Waals surface area contributed by atoms with Crippen LogP contribution in [0.3, 0.4) is 0 Å². The first-order valence-corrected chi connectivity index (χ1v) is 11.9. The Hall–Kier alpha value is -2.04. The molecule has 1 aromatic rings. The monoisotopic (exact) mass is 419 g/mol. The van der Waals surface area contributed by atoms with Crippen LogP contribution in [0, 0.1) is 0 Å². The molecule has 0 unspecified atom stereocenters. The van der Waals surface area contributed by atoms with Gasteiger partial charge in [-0.05, 0) is 24.6 Å². The van der Waals surface area contributed by atoms with Crippen LogP contribution in [0.5, 0.6) is 0 Å². The molecule has 5 nitrogen and oxygen atoms in total. The molecule has 0 fully saturated rings. The van der Waals surface area contributed by atoms with Gasteiger partial charge in [0.15, 0.2) is 0 Å². The first-order chi connectivity index (χ1) is 14.6. The molecular formula is C25H41NO4. The minimum Gasteiger partial charge on any atom is -0.478 e. The number of hydrogen-bond acceptors (Lipinski definition) is 3. The molecule has 1 aromatic carbocycles. The number of carboxylic acid groups (broad SMARTS) is 2. The van der Waals surface area contributed by atoms with Crippen molar-refractivity contribution in [1.82, 2.24) is 0 Å². The molecule has 0 amide bonds. The van der Waals surface area contributed by atoms with E-state index in [1.54, 1.807) is 6.07 Å². The predicted molar refractivity (Wildman–Crippen MR) is 124 cm³/mol. The molecule has 170 valence electrons. The normalized spacial score (nSPS) is 10.8. The first-order valence-electron chi connectivity index (χ1n) is 11.9. The minimum absolute atomic E-state index is 0.177. The highest BCUT2D eigenvalue weighted by Gasteiger charge is 2.16. The fourth-order valence-electron chi connectivity index (χ4n) is 3.75. The van der Waals surface area contributed by atoms with Crippen molar-refractivity contribution >= 4 is 17.6 Å². The maximum atomic E-state index is 11.2. The summed E-state index contributed by atoms with van der Waals surface area (Å²) in [5.74, 6) is -2.44. The van der Waals surface area contributed by atoms with Crippen molar-refractivity contribution in [2.24, 2.45) is 0 Å². The van der Waals surface area contributed by atoms with E-state index in [-0.39, 0.29) is 11.1 Å². The molecule has 30 heavy (non-hydrogen) atoms. The van der Waals surface area contributed by atoms with Gasteiger partial charge in [0.1, 0.15) is 0 Å². The molecule has 0 aliphatic carbocycles. The summed E-state index contributed by atoms with van der Waals surface area (Å²) in [5, 5.41) is 21.4. The molecule has 0 radical (unpaired) electrons. The van der Waals surface area contributed by atoms with Crippen LogP contribution in [-0.2, 0) is 0 Å². The number of hydrogen-bond donors (Lipinski definition) is 3. The summed E-state index contributed by atoms with van der Waals surface area (Å²) in [6, 6.07) is 4.37. The van der Waals surface area contributed by atoms with Crippen LogP contribution in [0.1, 0.15) is 124 Å². The summed E-state index contributed by atoms with van der Waals surface area (Å²) < 4.78 is 0. The lowest BCUT2D eigenvalue weighted by molar-refractivity contribution is 0.0651. The lowest BCUT2D eigenvalue weighted by Gasteiger charge is -2.09. The van der Waals surface area contributed by atoms with Crippen molar-refractivity contribution in [3.05, 3.63) is 29.3 Å². The highest BCUT2D eigenvalue weighted by atomic mass is 16.4. The first kappa shape index (κ1) is 26.0. The Morgan fingerprint density at radius 3 is 1.53 bits per heavy atom. The number of nitrogens with one attached hydrogen (secondary N) is 1. The number of rotatable bonds is 19. The molecule has 0 saturated carbocycles. The Morgan fingerprint density at radius 1 is 0.667 bits per heavy atom. The van der Waals surface area contributed by atoms with Crippen molar-refractivity contribution in [2.75, 3.05) is 11.9 Å². The summed E-state index contributed by atoms with van der Waals surface area (Å²) in [4.78, 5) is 22.3. The molecule has 0 bridgehead atoms. The number of unbranched alkanes of at least 4 members (excludes halogenated alkanes) is 14. The van der Waals surface area contributed by atoms with E-state index in [2.05, 4.69) is 12.2 Å². The van der Waals surface area contributed by atoms with Crippen LogP contribution in [0.2, 0.25) is 0 Å². The van der Waals surface area contributed by atoms with Crippen LogP contribution in [0.25, 0.3) is 0 Å². The maximum absolute atomic E-state index is 11.2. The highest BCUT2D eigenvalue weighted by Crippen LogP contribution is 2.17. The third kappa shape index (κ3) is 11.8. The Kier molecular flexibility index (Phi) is 14.5. The van der Waals surface area contributed by atoms with E-state index in [1.165, 1.54) is 95.6 Å². The molecular weight excluding hydrogens is 378 g/mol. The predicted octanol–water partition coefficient (Wildman–Crippen LogP) is 7.37. The van der Waals surface area contributed by atoms with E-state index < -0.39 is 11.9 Å². The van der Waals surface area contributed by atoms with Crippen LogP contribution in [-0.4, -0.2) is 28.7 Å². The number of carbonyl (C=O) groups is 2. The molecule has 0 heterocycles. The summed E-state index contributed by atoms with van der Waals surface area (Å²) in [6.45, 7) is 3.03. The van der Waals surface area contributed by atoms with E-state index in [0.29, 0.717) is 5.69 Å². The van der Waals surface area contributed by atoms with Crippen molar-refractivity contribution in [3.63, 3.8) is 0 Å². The largest absolute Gasteiger partial charge is 0.478 e. The van der Waals surface area contributed by atoms with Crippen LogP contribution < -0.4 is 5.32 Å². The van der Waals surface area contributed by atoms with Crippen LogP contribution in [0.15, 0.2) is 18.2 Å². The van der Waals surface area contributed by atoms with Gasteiger partial charge in [0.05, 0.1) is 11.1 Å². The molecule has 3 N–H and O–H groups in total. The zero-order chi connectivity index (χ0) is 22.0. The topological polar surface area (TPSA) is 86.6 Å². The zero-order valence-corrected chi connectivity index (χ0v) is 18.8. The second-order valence-electron chi connectivity index (χ2n) is 8.25. The number of aromatic carboxylic acids is 2. The quantitative estimate of drug-likeness (QED) is 0.204. The Bertz CT molecular complexity index is 615. The summed E-state index contributed by atoms with van der Waals surface area (Å²) >= 11 is 0. The average molecular weight is 420 g/mol. The smallest absolute Gasteiger partial charge is 0.336 e. The van der Waals surface area contributed by atoms with E-state index in [9.17, 15) is 9.59 Å². The zero-order valence-electron chi connectivity index (χ0n) is 18.8. The second-order valence-corrected chi connectivity index (χ2v) is 8.25. The third-order valence-electron chi connectivity index (χ3n) is 5.59. The number of benzene rings is 1. The fourth-order valence-corrected chi connectivity index (χ4v) is 3.75. The Morgan fingerprint density at radius 2 is 1.10 bits per heavy atom. The van der Waals surface area contributed by atoms with Crippen molar-refractivity contribution in [2.45, 2.75) is 103 Å². The molecule has 1 rings (SSSR count). The number of anilines is 1. The molecule has 0 spiro atoms. The van der Waals surface area contributed by atoms with Crippen molar-refractivity contribution in [1.29, 1.82) is 0 Å². The molecule has 0 saturated heterocycles. The van der Waals surface area contributed by atoms with Gasteiger partial charge in [0.2, 0.25) is 0 Å². The Labute approximate surface area is 182 Å². The van der Waals surface area contributed by atoms with E-state index in [1.807, 2.05) is 0 Å². The van der Waals surface area contributed by atoms with Gasteiger partial charge < -0.3 is 15.5 Å². The van der Waals surface area contributed by atoms with Gasteiger partial charge in [-0.2, -0.15) is 0 Å².